The van der Waals surface area contributed by atoms with Crippen molar-refractivity contribution in [1.82, 2.24) is 9.88 Å². The Hall–Kier alpha value is -2.82. The van der Waals surface area contributed by atoms with Crippen LogP contribution in [0.3, 0.4) is 0 Å². The zero-order valence-electron chi connectivity index (χ0n) is 13.9. The molecule has 3 atom stereocenters. The third-order valence-corrected chi connectivity index (χ3v) is 5.66. The number of nitrogens with one attached hydrogen (secondary N) is 1. The molecular formula is C20H18N2O3. The number of H-pyrrole nitrogens is 1. The van der Waals surface area contributed by atoms with Gasteiger partial charge >= 0.3 is 0 Å². The number of carbonyl (C=O) groups is 2. The van der Waals surface area contributed by atoms with Gasteiger partial charge in [-0.05, 0) is 31.1 Å². The first-order chi connectivity index (χ1) is 12.2. The molecule has 3 aliphatic heterocycles. The van der Waals surface area contributed by atoms with E-state index < -0.39 is 0 Å². The molecule has 0 saturated heterocycles. The standard InChI is InChI=1S/C20H18N2O3/c1-11-15(9-23)14-8-18-19-13(12-4-2-3-5-17(12)21-19)6-7-22(18)20(24)16(14)10-25-11/h2-5,8-11,14-15,21H,6-7H2,1H3. The molecule has 126 valence electrons. The number of nitrogens with zero attached hydrogens (tertiary/aromatic N) is 1. The molecular weight excluding hydrogens is 316 g/mol. The van der Waals surface area contributed by atoms with Gasteiger partial charge in [0.1, 0.15) is 12.4 Å². The summed E-state index contributed by atoms with van der Waals surface area (Å²) in [5, 5.41) is 1.21. The number of aromatic nitrogens is 1. The molecule has 0 spiro atoms. The number of ether oxygens (including phenoxy) is 1. The molecule has 1 aromatic carbocycles. The van der Waals surface area contributed by atoms with Gasteiger partial charge in [-0.15, -0.1) is 0 Å². The zero-order valence-corrected chi connectivity index (χ0v) is 13.9. The van der Waals surface area contributed by atoms with E-state index in [0.717, 1.165) is 29.6 Å². The Morgan fingerprint density at radius 1 is 1.32 bits per heavy atom. The van der Waals surface area contributed by atoms with Crippen molar-refractivity contribution in [3.05, 3.63) is 53.4 Å². The van der Waals surface area contributed by atoms with Gasteiger partial charge in [-0.25, -0.2) is 0 Å². The number of aldehydes is 1. The predicted molar refractivity (Wildman–Crippen MR) is 93.4 cm³/mol. The molecule has 3 unspecified atom stereocenters. The summed E-state index contributed by atoms with van der Waals surface area (Å²) in [4.78, 5) is 29.9. The Bertz CT molecular complexity index is 968. The second-order valence-electron chi connectivity index (χ2n) is 6.94. The van der Waals surface area contributed by atoms with Gasteiger partial charge in [-0.2, -0.15) is 0 Å². The normalized spacial score (nSPS) is 27.6. The topological polar surface area (TPSA) is 62.4 Å². The number of fused-ring (bicyclic) bond motifs is 6. The molecule has 1 aromatic heterocycles. The summed E-state index contributed by atoms with van der Waals surface area (Å²) in [6.45, 7) is 2.52. The van der Waals surface area contributed by atoms with E-state index in [0.29, 0.717) is 12.1 Å². The highest BCUT2D eigenvalue weighted by molar-refractivity contribution is 6.04. The van der Waals surface area contributed by atoms with Gasteiger partial charge in [0.25, 0.3) is 5.91 Å². The van der Waals surface area contributed by atoms with Crippen molar-refractivity contribution in [1.29, 1.82) is 0 Å². The number of carbonyl (C=O) groups excluding carboxylic acids is 2. The first-order valence-corrected chi connectivity index (χ1v) is 8.63. The summed E-state index contributed by atoms with van der Waals surface area (Å²) >= 11 is 0. The van der Waals surface area contributed by atoms with Crippen molar-refractivity contribution >= 4 is 28.8 Å². The van der Waals surface area contributed by atoms with E-state index in [1.165, 1.54) is 10.9 Å². The molecule has 0 aliphatic carbocycles. The Morgan fingerprint density at radius 2 is 2.16 bits per heavy atom. The van der Waals surface area contributed by atoms with Gasteiger partial charge < -0.3 is 19.4 Å². The van der Waals surface area contributed by atoms with E-state index >= 15 is 0 Å². The summed E-state index contributed by atoms with van der Waals surface area (Å²) in [5.41, 5.74) is 4.81. The number of rotatable bonds is 1. The molecule has 1 N–H and O–H groups in total. The lowest BCUT2D eigenvalue weighted by Gasteiger charge is -2.40. The first kappa shape index (κ1) is 14.5. The number of amides is 1. The number of aromatic amines is 1. The van der Waals surface area contributed by atoms with Crippen molar-refractivity contribution in [2.45, 2.75) is 19.4 Å². The van der Waals surface area contributed by atoms with Crippen molar-refractivity contribution < 1.29 is 14.3 Å². The fourth-order valence-electron chi connectivity index (χ4n) is 4.31. The van der Waals surface area contributed by atoms with Crippen molar-refractivity contribution in [3.8, 4) is 0 Å². The molecule has 5 heteroatoms. The summed E-state index contributed by atoms with van der Waals surface area (Å²) in [6.07, 6.45) is 5.12. The van der Waals surface area contributed by atoms with Crippen molar-refractivity contribution in [2.75, 3.05) is 6.54 Å². The van der Waals surface area contributed by atoms with Crippen LogP contribution in [0.5, 0.6) is 0 Å². The van der Waals surface area contributed by atoms with Crippen LogP contribution in [0.1, 0.15) is 18.2 Å². The molecule has 4 heterocycles. The summed E-state index contributed by atoms with van der Waals surface area (Å²) in [6, 6.07) is 8.21. The van der Waals surface area contributed by atoms with Crippen LogP contribution in [-0.4, -0.2) is 34.7 Å². The SMILES string of the molecule is CC1OC=C2C(=O)N3CCc4c([nH]c5ccccc45)C3=CC2C1C=O. The third-order valence-electron chi connectivity index (χ3n) is 5.66. The Balaban J connectivity index is 1.71. The van der Waals surface area contributed by atoms with Gasteiger partial charge in [-0.3, -0.25) is 4.79 Å². The fraction of sp³-hybridized carbons (Fsp3) is 0.300. The first-order valence-electron chi connectivity index (χ1n) is 8.63. The van der Waals surface area contributed by atoms with Crippen molar-refractivity contribution in [3.63, 3.8) is 0 Å². The molecule has 5 nitrogen and oxygen atoms in total. The van der Waals surface area contributed by atoms with Crippen LogP contribution in [0.2, 0.25) is 0 Å². The number of allylic oxidation sites excluding steroid dienone is 1. The van der Waals surface area contributed by atoms with Crippen molar-refractivity contribution in [2.24, 2.45) is 11.8 Å². The maximum atomic E-state index is 13.0. The minimum Gasteiger partial charge on any atom is -0.497 e. The Labute approximate surface area is 145 Å². The number of benzene rings is 1. The number of para-hydroxylation sites is 1. The lowest BCUT2D eigenvalue weighted by molar-refractivity contribution is -0.127. The van der Waals surface area contributed by atoms with Gasteiger partial charge in [0.15, 0.2) is 0 Å². The summed E-state index contributed by atoms with van der Waals surface area (Å²) in [7, 11) is 0. The highest BCUT2D eigenvalue weighted by atomic mass is 16.5. The fourth-order valence-corrected chi connectivity index (χ4v) is 4.31. The number of hydrogen-bond donors (Lipinski definition) is 1. The predicted octanol–water partition coefficient (Wildman–Crippen LogP) is 2.64. The average molecular weight is 334 g/mol. The molecule has 1 amide bonds. The summed E-state index contributed by atoms with van der Waals surface area (Å²) < 4.78 is 5.54. The van der Waals surface area contributed by atoms with Gasteiger partial charge in [0.05, 0.1) is 29.1 Å². The highest BCUT2D eigenvalue weighted by Crippen LogP contribution is 2.43. The van der Waals surface area contributed by atoms with Crippen LogP contribution < -0.4 is 0 Å². The summed E-state index contributed by atoms with van der Waals surface area (Å²) in [5.74, 6) is -0.615. The van der Waals surface area contributed by atoms with Crippen LogP contribution in [0, 0.1) is 11.8 Å². The molecule has 0 fully saturated rings. The highest BCUT2D eigenvalue weighted by Gasteiger charge is 2.43. The monoisotopic (exact) mass is 334 g/mol. The molecule has 0 radical (unpaired) electrons. The minimum absolute atomic E-state index is 0.0504. The van der Waals surface area contributed by atoms with Crippen LogP contribution in [0.4, 0.5) is 0 Å². The molecule has 3 aliphatic rings. The lowest BCUT2D eigenvalue weighted by atomic mass is 9.78. The molecule has 5 rings (SSSR count). The van der Waals surface area contributed by atoms with E-state index in [1.54, 1.807) is 11.2 Å². The maximum Gasteiger partial charge on any atom is 0.257 e. The maximum absolute atomic E-state index is 13.0. The van der Waals surface area contributed by atoms with E-state index in [4.69, 9.17) is 4.74 Å². The lowest BCUT2D eigenvalue weighted by Crippen LogP contribution is -2.45. The largest absolute Gasteiger partial charge is 0.497 e. The van der Waals surface area contributed by atoms with Gasteiger partial charge in [-0.1, -0.05) is 18.2 Å². The van der Waals surface area contributed by atoms with E-state index in [9.17, 15) is 9.59 Å². The quantitative estimate of drug-likeness (QED) is 0.816. The minimum atomic E-state index is -0.339. The average Bonchev–Trinajstić information content (AvgIpc) is 3.01. The molecule has 2 aromatic rings. The smallest absolute Gasteiger partial charge is 0.257 e. The van der Waals surface area contributed by atoms with E-state index in [1.807, 2.05) is 19.1 Å². The van der Waals surface area contributed by atoms with Crippen LogP contribution in [0.15, 0.2) is 42.2 Å². The van der Waals surface area contributed by atoms with E-state index in [2.05, 4.69) is 23.2 Å². The van der Waals surface area contributed by atoms with Gasteiger partial charge in [0.2, 0.25) is 0 Å². The van der Waals surface area contributed by atoms with Crippen LogP contribution in [-0.2, 0) is 20.7 Å². The van der Waals surface area contributed by atoms with E-state index in [-0.39, 0.29) is 23.8 Å². The Kier molecular flexibility index (Phi) is 2.95. The molecule has 0 saturated carbocycles. The molecule has 0 bridgehead atoms. The molecule has 25 heavy (non-hydrogen) atoms. The van der Waals surface area contributed by atoms with Crippen LogP contribution in [0.25, 0.3) is 16.6 Å². The van der Waals surface area contributed by atoms with Gasteiger partial charge in [0, 0.05) is 23.4 Å². The Morgan fingerprint density at radius 3 is 3.00 bits per heavy atom. The second-order valence-corrected chi connectivity index (χ2v) is 6.94. The number of hydrogen-bond acceptors (Lipinski definition) is 3. The van der Waals surface area contributed by atoms with Crippen LogP contribution >= 0.6 is 0 Å². The third kappa shape index (κ3) is 1.89. The second kappa shape index (κ2) is 5.09. The zero-order chi connectivity index (χ0) is 17.1.